The van der Waals surface area contributed by atoms with E-state index in [1.54, 1.807) is 0 Å². The predicted octanol–water partition coefficient (Wildman–Crippen LogP) is 1.73. The molecule has 0 aromatic carbocycles. The lowest BCUT2D eigenvalue weighted by atomic mass is 9.87. The minimum absolute atomic E-state index is 0.159. The van der Waals surface area contributed by atoms with Crippen LogP contribution in [0.25, 0.3) is 0 Å². The van der Waals surface area contributed by atoms with Gasteiger partial charge >= 0.3 is 0 Å². The third kappa shape index (κ3) is 2.96. The maximum atomic E-state index is 9.24. The molecule has 1 saturated heterocycles. The maximum Gasteiger partial charge on any atom is 0.0526 e. The summed E-state index contributed by atoms with van der Waals surface area (Å²) in [5.74, 6) is 1.70. The number of hydrogen-bond acceptors (Lipinski definition) is 2. The lowest BCUT2D eigenvalue weighted by Gasteiger charge is -2.45. The van der Waals surface area contributed by atoms with Crippen molar-refractivity contribution in [3.63, 3.8) is 0 Å². The molecule has 2 unspecified atom stereocenters. The van der Waals surface area contributed by atoms with Gasteiger partial charge in [-0.25, -0.2) is 0 Å². The second-order valence-electron chi connectivity index (χ2n) is 4.89. The van der Waals surface area contributed by atoms with Crippen LogP contribution in [0.5, 0.6) is 0 Å². The van der Waals surface area contributed by atoms with Crippen molar-refractivity contribution >= 4 is 0 Å². The van der Waals surface area contributed by atoms with Crippen LogP contribution >= 0.6 is 0 Å². The summed E-state index contributed by atoms with van der Waals surface area (Å²) in [6.07, 6.45) is 0.748. The van der Waals surface area contributed by atoms with Gasteiger partial charge in [0.25, 0.3) is 0 Å². The molecule has 1 heterocycles. The summed E-state index contributed by atoms with van der Waals surface area (Å²) in [4.78, 5) is 2.47. The fourth-order valence-corrected chi connectivity index (χ4v) is 1.97. The minimum Gasteiger partial charge on any atom is -0.393 e. The van der Waals surface area contributed by atoms with Crippen molar-refractivity contribution < 1.29 is 5.11 Å². The molecule has 1 aliphatic heterocycles. The van der Waals surface area contributed by atoms with Gasteiger partial charge in [0.05, 0.1) is 6.10 Å². The molecule has 1 fully saturated rings. The van der Waals surface area contributed by atoms with E-state index >= 15 is 0 Å². The van der Waals surface area contributed by atoms with Crippen molar-refractivity contribution in [1.82, 2.24) is 4.90 Å². The van der Waals surface area contributed by atoms with Crippen molar-refractivity contribution in [3.8, 4) is 0 Å². The van der Waals surface area contributed by atoms with E-state index in [9.17, 15) is 5.11 Å². The Morgan fingerprint density at radius 1 is 1.23 bits per heavy atom. The van der Waals surface area contributed by atoms with Gasteiger partial charge in [-0.05, 0) is 32.1 Å². The first-order chi connectivity index (χ1) is 6.00. The van der Waals surface area contributed by atoms with E-state index in [2.05, 4.69) is 25.7 Å². The Labute approximate surface area is 81.9 Å². The first-order valence-corrected chi connectivity index (χ1v) is 5.42. The molecule has 0 aromatic heterocycles. The maximum absolute atomic E-state index is 9.24. The second kappa shape index (κ2) is 4.43. The first-order valence-electron chi connectivity index (χ1n) is 5.42. The molecule has 2 atom stereocenters. The van der Waals surface area contributed by atoms with E-state index in [1.807, 2.05) is 6.92 Å². The van der Waals surface area contributed by atoms with Crippen LogP contribution in [-0.2, 0) is 0 Å². The molecule has 1 N–H and O–H groups in total. The number of hydrogen-bond donors (Lipinski definition) is 1. The highest BCUT2D eigenvalue weighted by Crippen LogP contribution is 2.26. The fourth-order valence-electron chi connectivity index (χ4n) is 1.97. The van der Waals surface area contributed by atoms with Crippen LogP contribution in [0.3, 0.4) is 0 Å². The molecule has 0 aliphatic carbocycles. The average molecular weight is 185 g/mol. The van der Waals surface area contributed by atoms with Crippen LogP contribution < -0.4 is 0 Å². The Kier molecular flexibility index (Phi) is 3.74. The fraction of sp³-hybridized carbons (Fsp3) is 1.00. The van der Waals surface area contributed by atoms with E-state index in [4.69, 9.17) is 0 Å². The lowest BCUT2D eigenvalue weighted by Crippen LogP contribution is -2.53. The zero-order valence-electron chi connectivity index (χ0n) is 9.33. The summed E-state index contributed by atoms with van der Waals surface area (Å²) >= 11 is 0. The van der Waals surface area contributed by atoms with Gasteiger partial charge in [0.1, 0.15) is 0 Å². The van der Waals surface area contributed by atoms with Crippen LogP contribution in [0, 0.1) is 11.8 Å². The standard InChI is InChI=1S/C11H23NO/c1-8(2)11-6-12(7-11)9(3)5-10(4)13/h8-11,13H,5-7H2,1-4H3. The summed E-state index contributed by atoms with van der Waals surface area (Å²) in [7, 11) is 0. The van der Waals surface area contributed by atoms with Crippen molar-refractivity contribution in [2.75, 3.05) is 13.1 Å². The van der Waals surface area contributed by atoms with Gasteiger partial charge in [0.2, 0.25) is 0 Å². The van der Waals surface area contributed by atoms with Gasteiger partial charge in [-0.3, -0.25) is 4.90 Å². The molecular weight excluding hydrogens is 162 g/mol. The second-order valence-corrected chi connectivity index (χ2v) is 4.89. The summed E-state index contributed by atoms with van der Waals surface area (Å²) in [6.45, 7) is 11.1. The summed E-state index contributed by atoms with van der Waals surface area (Å²) < 4.78 is 0. The Balaban J connectivity index is 2.19. The Morgan fingerprint density at radius 3 is 2.15 bits per heavy atom. The normalized spacial score (nSPS) is 24.5. The highest BCUT2D eigenvalue weighted by Gasteiger charge is 2.32. The number of likely N-dealkylation sites (tertiary alicyclic amines) is 1. The monoisotopic (exact) mass is 185 g/mol. The highest BCUT2D eigenvalue weighted by atomic mass is 16.3. The van der Waals surface area contributed by atoms with Gasteiger partial charge in [-0.2, -0.15) is 0 Å². The lowest BCUT2D eigenvalue weighted by molar-refractivity contribution is 0.0153. The molecule has 2 heteroatoms. The van der Waals surface area contributed by atoms with Crippen LogP contribution in [0.4, 0.5) is 0 Å². The van der Waals surface area contributed by atoms with E-state index in [-0.39, 0.29) is 6.10 Å². The molecule has 0 saturated carbocycles. The smallest absolute Gasteiger partial charge is 0.0526 e. The zero-order chi connectivity index (χ0) is 10.0. The molecule has 78 valence electrons. The van der Waals surface area contributed by atoms with Crippen LogP contribution in [0.2, 0.25) is 0 Å². The third-order valence-corrected chi connectivity index (χ3v) is 3.19. The number of nitrogens with zero attached hydrogens (tertiary/aromatic N) is 1. The van der Waals surface area contributed by atoms with Gasteiger partial charge in [0.15, 0.2) is 0 Å². The van der Waals surface area contributed by atoms with Gasteiger partial charge in [-0.15, -0.1) is 0 Å². The SMILES string of the molecule is CC(O)CC(C)N1CC(C(C)C)C1. The van der Waals surface area contributed by atoms with Crippen molar-refractivity contribution in [2.24, 2.45) is 11.8 Å². The highest BCUT2D eigenvalue weighted by molar-refractivity contribution is 4.85. The molecule has 1 rings (SSSR count). The molecule has 0 aromatic rings. The van der Waals surface area contributed by atoms with E-state index in [0.717, 1.165) is 18.3 Å². The van der Waals surface area contributed by atoms with Crippen molar-refractivity contribution in [2.45, 2.75) is 46.3 Å². The molecule has 1 aliphatic rings. The third-order valence-electron chi connectivity index (χ3n) is 3.19. The van der Waals surface area contributed by atoms with Gasteiger partial charge < -0.3 is 5.11 Å². The zero-order valence-corrected chi connectivity index (χ0v) is 9.33. The molecular formula is C11H23NO. The van der Waals surface area contributed by atoms with Gasteiger partial charge in [-0.1, -0.05) is 13.8 Å². The van der Waals surface area contributed by atoms with Crippen LogP contribution in [0.15, 0.2) is 0 Å². The Morgan fingerprint density at radius 2 is 1.77 bits per heavy atom. The molecule has 0 spiro atoms. The minimum atomic E-state index is -0.159. The summed E-state index contributed by atoms with van der Waals surface area (Å²) in [6, 6.07) is 0.551. The van der Waals surface area contributed by atoms with Crippen molar-refractivity contribution in [3.05, 3.63) is 0 Å². The van der Waals surface area contributed by atoms with Crippen LogP contribution in [-0.4, -0.2) is 35.2 Å². The summed E-state index contributed by atoms with van der Waals surface area (Å²) in [5.41, 5.74) is 0. The molecule has 0 bridgehead atoms. The van der Waals surface area contributed by atoms with Gasteiger partial charge in [0, 0.05) is 19.1 Å². The summed E-state index contributed by atoms with van der Waals surface area (Å²) in [5, 5.41) is 9.24. The van der Waals surface area contributed by atoms with Crippen LogP contribution in [0.1, 0.15) is 34.1 Å². The largest absolute Gasteiger partial charge is 0.393 e. The molecule has 13 heavy (non-hydrogen) atoms. The molecule has 2 nitrogen and oxygen atoms in total. The quantitative estimate of drug-likeness (QED) is 0.721. The Bertz CT molecular complexity index is 150. The van der Waals surface area contributed by atoms with E-state index in [0.29, 0.717) is 6.04 Å². The van der Waals surface area contributed by atoms with E-state index < -0.39 is 0 Å². The topological polar surface area (TPSA) is 23.5 Å². The van der Waals surface area contributed by atoms with Crippen molar-refractivity contribution in [1.29, 1.82) is 0 Å². The molecule has 0 radical (unpaired) electrons. The number of aliphatic hydroxyl groups is 1. The van der Waals surface area contributed by atoms with E-state index in [1.165, 1.54) is 13.1 Å². The number of aliphatic hydroxyl groups excluding tert-OH is 1. The predicted molar refractivity (Wildman–Crippen MR) is 55.7 cm³/mol. The number of rotatable bonds is 4. The Hall–Kier alpha value is -0.0800. The average Bonchev–Trinajstić information content (AvgIpc) is 1.79. The first kappa shape index (κ1) is 11.0. The molecule has 0 amide bonds.